The molecule has 220 valence electrons. The SMILES string of the molecule is COc1cc(C)c(S(=O)N(C)CCOCC(=O)N(C)C2CCC(CN3CC[C@H](N4CCCC4)C3)CC2)c(C)c1. The van der Waals surface area contributed by atoms with Crippen LogP contribution in [0.5, 0.6) is 5.75 Å². The van der Waals surface area contributed by atoms with Gasteiger partial charge in [0.05, 0.1) is 18.6 Å². The fourth-order valence-electron chi connectivity index (χ4n) is 6.66. The summed E-state index contributed by atoms with van der Waals surface area (Å²) < 4.78 is 25.9. The number of methoxy groups -OCH3 is 1. The molecule has 1 saturated carbocycles. The molecule has 8 nitrogen and oxygen atoms in total. The molecular weight excluding hydrogens is 512 g/mol. The number of rotatable bonds is 12. The van der Waals surface area contributed by atoms with Gasteiger partial charge in [0.15, 0.2) is 0 Å². The van der Waals surface area contributed by atoms with E-state index in [1.807, 2.05) is 45.0 Å². The molecule has 9 heteroatoms. The molecule has 0 bridgehead atoms. The first-order valence-corrected chi connectivity index (χ1v) is 16.0. The van der Waals surface area contributed by atoms with Crippen molar-refractivity contribution < 1.29 is 18.5 Å². The summed E-state index contributed by atoms with van der Waals surface area (Å²) in [7, 11) is 4.08. The molecule has 3 aliphatic rings. The summed E-state index contributed by atoms with van der Waals surface area (Å²) in [5.41, 5.74) is 1.88. The van der Waals surface area contributed by atoms with E-state index in [1.165, 1.54) is 64.8 Å². The van der Waals surface area contributed by atoms with Gasteiger partial charge in [0.1, 0.15) is 23.3 Å². The van der Waals surface area contributed by atoms with Gasteiger partial charge in [-0.2, -0.15) is 0 Å². The fraction of sp³-hybridized carbons (Fsp3) is 0.767. The Kier molecular flexibility index (Phi) is 11.2. The van der Waals surface area contributed by atoms with Crippen molar-refractivity contribution in [2.45, 2.75) is 75.8 Å². The monoisotopic (exact) mass is 562 g/mol. The Balaban J connectivity index is 1.12. The third-order valence-electron chi connectivity index (χ3n) is 9.08. The highest BCUT2D eigenvalue weighted by Crippen LogP contribution is 2.30. The number of hydrogen-bond acceptors (Lipinski definition) is 6. The van der Waals surface area contributed by atoms with Gasteiger partial charge in [0.25, 0.3) is 0 Å². The molecule has 2 aliphatic heterocycles. The van der Waals surface area contributed by atoms with E-state index >= 15 is 0 Å². The zero-order valence-electron chi connectivity index (χ0n) is 24.8. The van der Waals surface area contributed by atoms with E-state index in [0.29, 0.717) is 19.2 Å². The van der Waals surface area contributed by atoms with Gasteiger partial charge in [0.2, 0.25) is 5.91 Å². The van der Waals surface area contributed by atoms with Crippen LogP contribution in [0.15, 0.2) is 17.0 Å². The van der Waals surface area contributed by atoms with E-state index < -0.39 is 11.0 Å². The van der Waals surface area contributed by atoms with Crippen LogP contribution in [0.4, 0.5) is 0 Å². The topological polar surface area (TPSA) is 65.6 Å². The van der Waals surface area contributed by atoms with E-state index in [2.05, 4.69) is 9.80 Å². The Hall–Kier alpha value is -1.52. The van der Waals surface area contributed by atoms with Crippen molar-refractivity contribution in [1.82, 2.24) is 19.0 Å². The first-order valence-electron chi connectivity index (χ1n) is 14.8. The van der Waals surface area contributed by atoms with Crippen molar-refractivity contribution in [2.75, 3.05) is 73.7 Å². The quantitative estimate of drug-likeness (QED) is 0.364. The van der Waals surface area contributed by atoms with E-state index in [1.54, 1.807) is 11.4 Å². The van der Waals surface area contributed by atoms with Gasteiger partial charge < -0.3 is 19.3 Å². The van der Waals surface area contributed by atoms with E-state index in [4.69, 9.17) is 9.47 Å². The Morgan fingerprint density at radius 2 is 1.69 bits per heavy atom. The van der Waals surface area contributed by atoms with Crippen LogP contribution in [0.2, 0.25) is 0 Å². The molecule has 1 unspecified atom stereocenters. The number of carbonyl (C=O) groups is 1. The summed E-state index contributed by atoms with van der Waals surface area (Å²) in [5, 5.41) is 0. The molecule has 0 N–H and O–H groups in total. The number of likely N-dealkylation sites (N-methyl/N-ethyl adjacent to an activating group) is 2. The van der Waals surface area contributed by atoms with Crippen molar-refractivity contribution in [2.24, 2.45) is 5.92 Å². The van der Waals surface area contributed by atoms with E-state index in [0.717, 1.165) is 46.6 Å². The van der Waals surface area contributed by atoms with Crippen LogP contribution in [0, 0.1) is 19.8 Å². The predicted octanol–water partition coefficient (Wildman–Crippen LogP) is 3.47. The first-order chi connectivity index (χ1) is 18.8. The first kappa shape index (κ1) is 30.4. The summed E-state index contributed by atoms with van der Waals surface area (Å²) in [6, 6.07) is 4.90. The fourth-order valence-corrected chi connectivity index (χ4v) is 7.88. The van der Waals surface area contributed by atoms with Crippen LogP contribution in [0.1, 0.15) is 56.1 Å². The second-order valence-electron chi connectivity index (χ2n) is 11.9. The minimum absolute atomic E-state index is 0.0390. The van der Waals surface area contributed by atoms with Gasteiger partial charge in [-0.15, -0.1) is 0 Å². The maximum atomic E-state index is 13.1. The molecule has 1 amide bonds. The molecule has 0 aromatic heterocycles. The number of hydrogen-bond donors (Lipinski definition) is 0. The number of amides is 1. The summed E-state index contributed by atoms with van der Waals surface area (Å²) in [4.78, 5) is 20.9. The van der Waals surface area contributed by atoms with Crippen LogP contribution in [-0.4, -0.2) is 115 Å². The Morgan fingerprint density at radius 3 is 2.33 bits per heavy atom. The van der Waals surface area contributed by atoms with Crippen molar-refractivity contribution in [3.8, 4) is 5.75 Å². The number of nitrogens with zero attached hydrogens (tertiary/aromatic N) is 4. The van der Waals surface area contributed by atoms with Crippen molar-refractivity contribution in [3.63, 3.8) is 0 Å². The largest absolute Gasteiger partial charge is 0.497 e. The maximum Gasteiger partial charge on any atom is 0.248 e. The van der Waals surface area contributed by atoms with Crippen LogP contribution in [0.25, 0.3) is 0 Å². The average molecular weight is 563 g/mol. The molecule has 3 fully saturated rings. The van der Waals surface area contributed by atoms with E-state index in [9.17, 15) is 9.00 Å². The third-order valence-corrected chi connectivity index (χ3v) is 10.8. The number of carbonyl (C=O) groups excluding carboxylic acids is 1. The molecule has 2 heterocycles. The lowest BCUT2D eigenvalue weighted by Crippen LogP contribution is -2.43. The van der Waals surface area contributed by atoms with Gasteiger partial charge in [-0.25, -0.2) is 8.51 Å². The lowest BCUT2D eigenvalue weighted by molar-refractivity contribution is -0.137. The number of benzene rings is 1. The van der Waals surface area contributed by atoms with Crippen molar-refractivity contribution >= 4 is 16.9 Å². The predicted molar refractivity (Wildman–Crippen MR) is 156 cm³/mol. The van der Waals surface area contributed by atoms with Gasteiger partial charge in [-0.05, 0) is 108 Å². The lowest BCUT2D eigenvalue weighted by Gasteiger charge is -2.36. The zero-order valence-corrected chi connectivity index (χ0v) is 25.6. The molecule has 1 aromatic carbocycles. The Bertz CT molecular complexity index is 955. The molecule has 2 saturated heterocycles. The van der Waals surface area contributed by atoms with Gasteiger partial charge in [-0.1, -0.05) is 0 Å². The number of ether oxygens (including phenoxy) is 2. The molecule has 39 heavy (non-hydrogen) atoms. The molecule has 2 atom stereocenters. The minimum Gasteiger partial charge on any atom is -0.497 e. The number of aryl methyl sites for hydroxylation is 2. The van der Waals surface area contributed by atoms with Crippen molar-refractivity contribution in [1.29, 1.82) is 0 Å². The van der Waals surface area contributed by atoms with Crippen molar-refractivity contribution in [3.05, 3.63) is 23.3 Å². The Morgan fingerprint density at radius 1 is 1.03 bits per heavy atom. The summed E-state index contributed by atoms with van der Waals surface area (Å²) >= 11 is 0. The van der Waals surface area contributed by atoms with Gasteiger partial charge in [0, 0.05) is 45.8 Å². The molecule has 0 spiro atoms. The highest BCUT2D eigenvalue weighted by molar-refractivity contribution is 7.82. The van der Waals surface area contributed by atoms with Crippen LogP contribution >= 0.6 is 0 Å². The standard InChI is InChI=1S/C30H50N4O4S/c1-23-18-28(37-5)19-24(2)30(23)39(36)31(3)16-17-38-22-29(35)32(4)26-10-8-25(9-11-26)20-33-15-12-27(21-33)34-13-6-7-14-34/h18-19,25-27H,6-17,20-22H2,1-5H3/t25?,26?,27-,39?/m0/s1. The molecule has 1 aliphatic carbocycles. The van der Waals surface area contributed by atoms with Gasteiger partial charge >= 0.3 is 0 Å². The minimum atomic E-state index is -1.30. The van der Waals surface area contributed by atoms with Crippen LogP contribution in [0.3, 0.4) is 0 Å². The molecule has 1 aromatic rings. The molecule has 4 rings (SSSR count). The summed E-state index contributed by atoms with van der Waals surface area (Å²) in [5.74, 6) is 1.57. The normalized spacial score (nSPS) is 25.3. The highest BCUT2D eigenvalue weighted by Gasteiger charge is 2.32. The second-order valence-corrected chi connectivity index (χ2v) is 13.4. The van der Waals surface area contributed by atoms with Gasteiger partial charge in [-0.3, -0.25) is 9.69 Å². The highest BCUT2D eigenvalue weighted by atomic mass is 32.2. The molecule has 0 radical (unpaired) electrons. The number of likely N-dealkylation sites (tertiary alicyclic amines) is 2. The average Bonchev–Trinajstić information content (AvgIpc) is 3.63. The maximum absolute atomic E-state index is 13.1. The Labute approximate surface area is 238 Å². The lowest BCUT2D eigenvalue weighted by atomic mass is 9.85. The van der Waals surface area contributed by atoms with Crippen LogP contribution in [-0.2, 0) is 20.5 Å². The smallest absolute Gasteiger partial charge is 0.248 e. The summed E-state index contributed by atoms with van der Waals surface area (Å²) in [6.45, 7) is 11.1. The third kappa shape index (κ3) is 8.03. The zero-order chi connectivity index (χ0) is 27.9. The second kappa shape index (κ2) is 14.4. The van der Waals surface area contributed by atoms with E-state index in [-0.39, 0.29) is 12.5 Å². The summed E-state index contributed by atoms with van der Waals surface area (Å²) in [6.07, 6.45) is 8.65. The molecular formula is C30H50N4O4S. The van der Waals surface area contributed by atoms with Crippen LogP contribution < -0.4 is 4.74 Å².